The maximum atomic E-state index is 15.3. The van der Waals surface area contributed by atoms with Gasteiger partial charge in [0.1, 0.15) is 11.7 Å². The summed E-state index contributed by atoms with van der Waals surface area (Å²) in [6.45, 7) is 14.5. The van der Waals surface area contributed by atoms with E-state index in [1.54, 1.807) is 64.1 Å². The number of carbonyl (C=O) groups is 8. The van der Waals surface area contributed by atoms with Crippen LogP contribution in [0.5, 0.6) is 0 Å². The molecule has 16 heteroatoms. The van der Waals surface area contributed by atoms with Gasteiger partial charge < -0.3 is 37.9 Å². The van der Waals surface area contributed by atoms with Crippen LogP contribution in [-0.4, -0.2) is 94.9 Å². The first-order valence-corrected chi connectivity index (χ1v) is 19.6. The molecule has 0 amide bonds. The van der Waals surface area contributed by atoms with Crippen molar-refractivity contribution in [1.82, 2.24) is 0 Å². The van der Waals surface area contributed by atoms with Gasteiger partial charge in [-0.2, -0.15) is 0 Å². The first-order chi connectivity index (χ1) is 27.4. The molecule has 1 aromatic rings. The monoisotopic (exact) mass is 828 g/mol. The fraction of sp³-hybridized carbons (Fsp3) is 0.628. The number of esters is 7. The van der Waals surface area contributed by atoms with Crippen LogP contribution in [0.15, 0.2) is 42.5 Å². The van der Waals surface area contributed by atoms with Crippen LogP contribution in [0.25, 0.3) is 0 Å². The molecule has 1 heterocycles. The fourth-order valence-electron chi connectivity index (χ4n) is 8.64. The molecule has 0 unspecified atom stereocenters. The van der Waals surface area contributed by atoms with Gasteiger partial charge in [0.25, 0.3) is 0 Å². The Morgan fingerprint density at radius 3 is 1.88 bits per heavy atom. The van der Waals surface area contributed by atoms with E-state index in [-0.39, 0.29) is 13.0 Å². The van der Waals surface area contributed by atoms with E-state index >= 15 is 4.79 Å². The van der Waals surface area contributed by atoms with Gasteiger partial charge in [-0.25, -0.2) is 0 Å². The zero-order valence-electron chi connectivity index (χ0n) is 35.5. The van der Waals surface area contributed by atoms with Crippen LogP contribution in [0, 0.1) is 23.2 Å². The zero-order chi connectivity index (χ0) is 44.2. The van der Waals surface area contributed by atoms with Crippen molar-refractivity contribution in [1.29, 1.82) is 0 Å². The van der Waals surface area contributed by atoms with E-state index in [0.29, 0.717) is 5.56 Å². The van der Waals surface area contributed by atoms with Crippen LogP contribution in [0.4, 0.5) is 0 Å². The number of Topliss-reactive ketones (excluding diaryl/α,β-unsaturated/α-hetero) is 1. The van der Waals surface area contributed by atoms with Gasteiger partial charge in [0.05, 0.1) is 18.4 Å². The number of rotatable bonds is 10. The molecule has 0 aromatic heterocycles. The summed E-state index contributed by atoms with van der Waals surface area (Å²) in [6, 6.07) is 8.71. The van der Waals surface area contributed by atoms with Gasteiger partial charge in [0.2, 0.25) is 0 Å². The highest BCUT2D eigenvalue weighted by Gasteiger charge is 2.76. The molecule has 1 saturated heterocycles. The molecule has 3 aliphatic rings. The number of hydrogen-bond donors (Lipinski definition) is 0. The molecule has 0 spiro atoms. The van der Waals surface area contributed by atoms with E-state index < -0.39 is 131 Å². The SMILES string of the molecule is CC(=O)O[C@H]1[C@@H](OC(C)=O)C(C)(C)/C=C/[C@H](C)C(=O)[C@@]2(OC(C)=O)C[C@@](C)(OC(C)=O)[C@H](OC(C)=O)[C@@H]2[C@H]2OC(=O)CC[C@@]2(OCc2ccccc2)[C@H]1OC(=O)C(C)C. The Bertz CT molecular complexity index is 1830. The van der Waals surface area contributed by atoms with E-state index in [2.05, 4.69) is 0 Å². The summed E-state index contributed by atoms with van der Waals surface area (Å²) in [5.41, 5.74) is -7.33. The molecule has 1 aliphatic heterocycles. The molecule has 16 nitrogen and oxygen atoms in total. The average molecular weight is 829 g/mol. The molecule has 4 rings (SSSR count). The third-order valence-corrected chi connectivity index (χ3v) is 11.0. The quantitative estimate of drug-likeness (QED) is 0.181. The van der Waals surface area contributed by atoms with E-state index in [0.717, 1.165) is 34.6 Å². The van der Waals surface area contributed by atoms with Crippen LogP contribution < -0.4 is 0 Å². The summed E-state index contributed by atoms with van der Waals surface area (Å²) in [5, 5.41) is 0. The Kier molecular flexibility index (Phi) is 14.2. The lowest BCUT2D eigenvalue weighted by Gasteiger charge is -2.54. The summed E-state index contributed by atoms with van der Waals surface area (Å²) < 4.78 is 49.7. The Hall–Kier alpha value is -5.12. The summed E-state index contributed by atoms with van der Waals surface area (Å²) in [7, 11) is 0. The number of ketones is 1. The third kappa shape index (κ3) is 10.0. The zero-order valence-corrected chi connectivity index (χ0v) is 35.5. The maximum Gasteiger partial charge on any atom is 0.308 e. The molecule has 1 aromatic carbocycles. The van der Waals surface area contributed by atoms with Gasteiger partial charge >= 0.3 is 41.8 Å². The lowest BCUT2D eigenvalue weighted by molar-refractivity contribution is -0.282. The van der Waals surface area contributed by atoms with Crippen LogP contribution in [0.1, 0.15) is 101 Å². The van der Waals surface area contributed by atoms with Gasteiger partial charge in [-0.05, 0) is 18.9 Å². The number of benzene rings is 1. The van der Waals surface area contributed by atoms with Crippen molar-refractivity contribution in [3.05, 3.63) is 48.0 Å². The van der Waals surface area contributed by atoms with E-state index in [1.807, 2.05) is 0 Å². The van der Waals surface area contributed by atoms with E-state index in [9.17, 15) is 33.6 Å². The first kappa shape index (κ1) is 46.6. The van der Waals surface area contributed by atoms with Gasteiger partial charge in [0, 0.05) is 58.8 Å². The predicted molar refractivity (Wildman–Crippen MR) is 204 cm³/mol. The maximum absolute atomic E-state index is 15.3. The number of carbonyl (C=O) groups excluding carboxylic acids is 8. The third-order valence-electron chi connectivity index (χ3n) is 11.0. The second kappa shape index (κ2) is 18.0. The van der Waals surface area contributed by atoms with Gasteiger partial charge in [0.15, 0.2) is 41.4 Å². The molecule has 59 heavy (non-hydrogen) atoms. The number of hydrogen-bond acceptors (Lipinski definition) is 16. The summed E-state index contributed by atoms with van der Waals surface area (Å²) in [6.07, 6.45) is -6.98. The molecule has 324 valence electrons. The molecular weight excluding hydrogens is 772 g/mol. The van der Waals surface area contributed by atoms with Crippen molar-refractivity contribution in [3.63, 3.8) is 0 Å². The van der Waals surface area contributed by atoms with Crippen LogP contribution in [-0.2, 0) is 82.9 Å². The van der Waals surface area contributed by atoms with Crippen molar-refractivity contribution in [2.24, 2.45) is 23.2 Å². The highest BCUT2D eigenvalue weighted by atomic mass is 16.7. The molecule has 1 saturated carbocycles. The molecular formula is C43H56O16. The summed E-state index contributed by atoms with van der Waals surface area (Å²) in [4.78, 5) is 109. The van der Waals surface area contributed by atoms with Crippen molar-refractivity contribution < 1.29 is 76.3 Å². The lowest BCUT2D eigenvalue weighted by Crippen LogP contribution is -2.71. The minimum absolute atomic E-state index is 0.282. The Balaban J connectivity index is 2.31. The molecule has 0 bridgehead atoms. The lowest BCUT2D eigenvalue weighted by atomic mass is 9.66. The molecule has 2 fully saturated rings. The largest absolute Gasteiger partial charge is 0.458 e. The molecule has 0 radical (unpaired) electrons. The Morgan fingerprint density at radius 2 is 1.34 bits per heavy atom. The molecule has 2 aliphatic carbocycles. The molecule has 10 atom stereocenters. The second-order valence-corrected chi connectivity index (χ2v) is 16.7. The van der Waals surface area contributed by atoms with Crippen molar-refractivity contribution in [3.8, 4) is 0 Å². The minimum atomic E-state index is -2.41. The van der Waals surface area contributed by atoms with Crippen LogP contribution in [0.3, 0.4) is 0 Å². The smallest absolute Gasteiger partial charge is 0.308 e. The summed E-state index contributed by atoms with van der Waals surface area (Å²) >= 11 is 0. The van der Waals surface area contributed by atoms with E-state index in [4.69, 9.17) is 37.9 Å². The van der Waals surface area contributed by atoms with Gasteiger partial charge in [-0.3, -0.25) is 38.4 Å². The second-order valence-electron chi connectivity index (χ2n) is 16.7. The van der Waals surface area contributed by atoms with Crippen molar-refractivity contribution in [2.75, 3.05) is 0 Å². The highest BCUT2D eigenvalue weighted by Crippen LogP contribution is 2.57. The Labute approximate surface area is 343 Å². The summed E-state index contributed by atoms with van der Waals surface area (Å²) in [5.74, 6) is -10.6. The van der Waals surface area contributed by atoms with Crippen molar-refractivity contribution >= 4 is 47.6 Å². The van der Waals surface area contributed by atoms with Gasteiger partial charge in [-0.15, -0.1) is 0 Å². The highest BCUT2D eigenvalue weighted by molar-refractivity contribution is 5.94. The van der Waals surface area contributed by atoms with Crippen molar-refractivity contribution in [2.45, 2.75) is 149 Å². The molecule has 0 N–H and O–H groups in total. The number of allylic oxidation sites excluding steroid dienone is 1. The number of ether oxygens (including phenoxy) is 8. The fourth-order valence-corrected chi connectivity index (χ4v) is 8.64. The normalized spacial score (nSPS) is 33.3. The van der Waals surface area contributed by atoms with Crippen LogP contribution >= 0.6 is 0 Å². The topological polar surface area (TPSA) is 210 Å². The predicted octanol–water partition coefficient (Wildman–Crippen LogP) is 4.46. The Morgan fingerprint density at radius 1 is 0.763 bits per heavy atom. The minimum Gasteiger partial charge on any atom is -0.458 e. The first-order valence-electron chi connectivity index (χ1n) is 19.6. The van der Waals surface area contributed by atoms with Gasteiger partial charge in [-0.1, -0.05) is 77.1 Å². The standard InChI is InChI=1S/C43H56O16/c1-23(2)39(51)57-38-33(53-25(4)44)37(55-27(6)46)40(9,10)19-17-24(3)34(50)43(59-29(8)48)22-41(11,58-28(7)47)35(54-26(5)45)32(43)36-42(38,20-18-31(49)56-36)52-21-30-15-13-12-14-16-30/h12-17,19,23-24,32-33,35-38H,18,20-22H2,1-11H3/b19-17+/t24-,32+,33-,35+,36+,37+,38-,41+,42-,43+/m0/s1. The van der Waals surface area contributed by atoms with Crippen LogP contribution in [0.2, 0.25) is 0 Å². The van der Waals surface area contributed by atoms with E-state index in [1.165, 1.54) is 19.9 Å². The number of fused-ring (bicyclic) bond motifs is 3. The average Bonchev–Trinajstić information content (AvgIpc) is 3.35.